The number of carbonyl (C=O) groups is 1. The zero-order valence-electron chi connectivity index (χ0n) is 16.9. The second-order valence-electron chi connectivity index (χ2n) is 7.72. The van der Waals surface area contributed by atoms with Crippen LogP contribution in [0.5, 0.6) is 5.75 Å². The number of carboxylic acid groups (broad SMARTS) is 1. The fraction of sp³-hybridized carbons (Fsp3) is 0.375. The summed E-state index contributed by atoms with van der Waals surface area (Å²) in [5.74, 6) is 3.50. The molecule has 0 saturated carbocycles. The fourth-order valence-corrected chi connectivity index (χ4v) is 3.03. The van der Waals surface area contributed by atoms with E-state index in [0.717, 1.165) is 42.6 Å². The van der Waals surface area contributed by atoms with Gasteiger partial charge in [-0.05, 0) is 75.4 Å². The number of nitrogens with zero attached hydrogens (tertiary/aromatic N) is 1. The molecule has 2 aromatic carbocycles. The van der Waals surface area contributed by atoms with Crippen LogP contribution in [0.3, 0.4) is 0 Å². The largest absolute Gasteiger partial charge is 0.494 e. The predicted octanol–water partition coefficient (Wildman–Crippen LogP) is 6.21. The standard InChI is InChI=1S/C24H29NO3/c1-5-6-7-8-9-18-28-22-16-12-20(13-17-22)19-10-14-21(15-11-19)25(23(26)27)24(2,3)4/h1,10-17H,6-9,18H2,2-4H3,(H,26,27). The van der Waals surface area contributed by atoms with Crippen LogP contribution in [-0.2, 0) is 0 Å². The highest BCUT2D eigenvalue weighted by Crippen LogP contribution is 2.28. The maximum atomic E-state index is 11.6. The quantitative estimate of drug-likeness (QED) is 0.438. The molecule has 0 atom stereocenters. The van der Waals surface area contributed by atoms with Gasteiger partial charge < -0.3 is 9.84 Å². The number of ether oxygens (including phenoxy) is 1. The lowest BCUT2D eigenvalue weighted by Crippen LogP contribution is -2.45. The van der Waals surface area contributed by atoms with Gasteiger partial charge in [0.25, 0.3) is 0 Å². The number of unbranched alkanes of at least 4 members (excludes halogenated alkanes) is 3. The maximum Gasteiger partial charge on any atom is 0.412 e. The van der Waals surface area contributed by atoms with Crippen molar-refractivity contribution in [2.45, 2.75) is 52.0 Å². The molecular formula is C24H29NO3. The average Bonchev–Trinajstić information content (AvgIpc) is 2.64. The summed E-state index contributed by atoms with van der Waals surface area (Å²) in [4.78, 5) is 13.0. The molecule has 0 aliphatic rings. The Kier molecular flexibility index (Phi) is 7.52. The molecular weight excluding hydrogens is 350 g/mol. The molecule has 2 rings (SSSR count). The normalized spacial score (nSPS) is 10.9. The summed E-state index contributed by atoms with van der Waals surface area (Å²) in [7, 11) is 0. The molecule has 1 amide bonds. The summed E-state index contributed by atoms with van der Waals surface area (Å²) in [5.41, 5.74) is 2.25. The van der Waals surface area contributed by atoms with E-state index >= 15 is 0 Å². The molecule has 0 radical (unpaired) electrons. The number of hydrogen-bond donors (Lipinski definition) is 1. The lowest BCUT2D eigenvalue weighted by atomic mass is 10.0. The molecule has 0 fully saturated rings. The number of rotatable bonds is 8. The first-order chi connectivity index (χ1) is 13.3. The number of hydrogen-bond acceptors (Lipinski definition) is 2. The molecule has 28 heavy (non-hydrogen) atoms. The van der Waals surface area contributed by atoms with Crippen molar-refractivity contribution >= 4 is 11.8 Å². The molecule has 0 heterocycles. The Morgan fingerprint density at radius 3 is 2.07 bits per heavy atom. The molecule has 0 aromatic heterocycles. The molecule has 2 aromatic rings. The number of terminal acetylenes is 1. The molecule has 1 N–H and O–H groups in total. The van der Waals surface area contributed by atoms with Crippen LogP contribution in [0.2, 0.25) is 0 Å². The van der Waals surface area contributed by atoms with Crippen molar-refractivity contribution in [1.29, 1.82) is 0 Å². The third-order valence-corrected chi connectivity index (χ3v) is 4.41. The van der Waals surface area contributed by atoms with Crippen LogP contribution in [0.1, 0.15) is 46.5 Å². The smallest absolute Gasteiger partial charge is 0.412 e. The summed E-state index contributed by atoms with van der Waals surface area (Å²) in [6.45, 7) is 6.32. The number of amides is 1. The Balaban J connectivity index is 1.98. The van der Waals surface area contributed by atoms with E-state index in [0.29, 0.717) is 12.3 Å². The predicted molar refractivity (Wildman–Crippen MR) is 115 cm³/mol. The zero-order chi connectivity index (χ0) is 20.6. The topological polar surface area (TPSA) is 49.8 Å². The van der Waals surface area contributed by atoms with E-state index < -0.39 is 11.6 Å². The van der Waals surface area contributed by atoms with Crippen LogP contribution in [0.25, 0.3) is 11.1 Å². The van der Waals surface area contributed by atoms with Crippen molar-refractivity contribution in [3.63, 3.8) is 0 Å². The molecule has 0 spiro atoms. The summed E-state index contributed by atoms with van der Waals surface area (Å²) < 4.78 is 5.77. The molecule has 0 saturated heterocycles. The van der Waals surface area contributed by atoms with Crippen LogP contribution in [0, 0.1) is 12.3 Å². The minimum Gasteiger partial charge on any atom is -0.494 e. The van der Waals surface area contributed by atoms with Gasteiger partial charge in [-0.1, -0.05) is 24.3 Å². The summed E-state index contributed by atoms with van der Waals surface area (Å²) in [6.07, 6.45) is 8.23. The zero-order valence-corrected chi connectivity index (χ0v) is 16.9. The first-order valence-electron chi connectivity index (χ1n) is 9.63. The summed E-state index contributed by atoms with van der Waals surface area (Å²) in [5, 5.41) is 9.51. The van der Waals surface area contributed by atoms with E-state index in [-0.39, 0.29) is 0 Å². The Morgan fingerprint density at radius 2 is 1.57 bits per heavy atom. The SMILES string of the molecule is C#CCCCCCOc1ccc(-c2ccc(N(C(=O)O)C(C)(C)C)cc2)cc1. The fourth-order valence-electron chi connectivity index (χ4n) is 3.03. The van der Waals surface area contributed by atoms with Gasteiger partial charge >= 0.3 is 6.09 Å². The molecule has 148 valence electrons. The van der Waals surface area contributed by atoms with E-state index in [4.69, 9.17) is 11.2 Å². The molecule has 0 aliphatic heterocycles. The van der Waals surface area contributed by atoms with Crippen LogP contribution < -0.4 is 9.64 Å². The molecule has 4 heteroatoms. The van der Waals surface area contributed by atoms with Crippen molar-refractivity contribution < 1.29 is 14.6 Å². The maximum absolute atomic E-state index is 11.6. The van der Waals surface area contributed by atoms with Gasteiger partial charge in [0.1, 0.15) is 5.75 Å². The Labute approximate surface area is 168 Å². The van der Waals surface area contributed by atoms with Gasteiger partial charge in [0, 0.05) is 17.6 Å². The summed E-state index contributed by atoms with van der Waals surface area (Å²) in [6, 6.07) is 15.5. The van der Waals surface area contributed by atoms with Crippen molar-refractivity contribution in [1.82, 2.24) is 0 Å². The van der Waals surface area contributed by atoms with Gasteiger partial charge in [0.15, 0.2) is 0 Å². The van der Waals surface area contributed by atoms with Crippen LogP contribution >= 0.6 is 0 Å². The van der Waals surface area contributed by atoms with Crippen LogP contribution in [0.4, 0.5) is 10.5 Å². The van der Waals surface area contributed by atoms with Gasteiger partial charge in [-0.2, -0.15) is 0 Å². The van der Waals surface area contributed by atoms with Crippen LogP contribution in [-0.4, -0.2) is 23.3 Å². The number of benzene rings is 2. The van der Waals surface area contributed by atoms with Gasteiger partial charge in [-0.15, -0.1) is 12.3 Å². The van der Waals surface area contributed by atoms with E-state index in [1.54, 1.807) is 0 Å². The van der Waals surface area contributed by atoms with Gasteiger partial charge in [-0.3, -0.25) is 4.90 Å². The van der Waals surface area contributed by atoms with E-state index in [9.17, 15) is 9.90 Å². The van der Waals surface area contributed by atoms with Crippen molar-refractivity contribution in [3.05, 3.63) is 48.5 Å². The Morgan fingerprint density at radius 1 is 1.00 bits per heavy atom. The lowest BCUT2D eigenvalue weighted by molar-refractivity contribution is 0.195. The highest BCUT2D eigenvalue weighted by Gasteiger charge is 2.27. The van der Waals surface area contributed by atoms with E-state index in [1.807, 2.05) is 69.3 Å². The minimum atomic E-state index is -0.957. The van der Waals surface area contributed by atoms with Crippen molar-refractivity contribution in [2.75, 3.05) is 11.5 Å². The molecule has 0 unspecified atom stereocenters. The third kappa shape index (κ3) is 6.06. The summed E-state index contributed by atoms with van der Waals surface area (Å²) >= 11 is 0. The van der Waals surface area contributed by atoms with Gasteiger partial charge in [0.2, 0.25) is 0 Å². The van der Waals surface area contributed by atoms with E-state index in [1.165, 1.54) is 4.90 Å². The van der Waals surface area contributed by atoms with Crippen molar-refractivity contribution in [2.24, 2.45) is 0 Å². The Bertz CT molecular complexity index is 796. The van der Waals surface area contributed by atoms with E-state index in [2.05, 4.69) is 5.92 Å². The first-order valence-corrected chi connectivity index (χ1v) is 9.63. The average molecular weight is 380 g/mol. The first kappa shape index (κ1) is 21.4. The van der Waals surface area contributed by atoms with Gasteiger partial charge in [0.05, 0.1) is 6.61 Å². The molecule has 0 bridgehead atoms. The Hall–Kier alpha value is -2.93. The molecule has 4 nitrogen and oxygen atoms in total. The second-order valence-corrected chi connectivity index (χ2v) is 7.72. The second kappa shape index (κ2) is 9.85. The molecule has 0 aliphatic carbocycles. The third-order valence-electron chi connectivity index (χ3n) is 4.41. The number of anilines is 1. The highest BCUT2D eigenvalue weighted by atomic mass is 16.5. The highest BCUT2D eigenvalue weighted by molar-refractivity contribution is 5.88. The van der Waals surface area contributed by atoms with Crippen LogP contribution in [0.15, 0.2) is 48.5 Å². The van der Waals surface area contributed by atoms with Crippen molar-refractivity contribution in [3.8, 4) is 29.2 Å². The lowest BCUT2D eigenvalue weighted by Gasteiger charge is -2.33. The van der Waals surface area contributed by atoms with Gasteiger partial charge in [-0.25, -0.2) is 4.79 Å². The monoisotopic (exact) mass is 379 g/mol. The minimum absolute atomic E-state index is 0.507.